The van der Waals surface area contributed by atoms with Crippen LogP contribution in [0.1, 0.15) is 42.3 Å². The van der Waals surface area contributed by atoms with Crippen LogP contribution < -0.4 is 10.6 Å². The van der Waals surface area contributed by atoms with Crippen LogP contribution in [0.5, 0.6) is 0 Å². The second-order valence-corrected chi connectivity index (χ2v) is 8.46. The molecule has 1 aromatic carbocycles. The lowest BCUT2D eigenvalue weighted by atomic mass is 9.87. The summed E-state index contributed by atoms with van der Waals surface area (Å²) in [6, 6.07) is 15.4. The average Bonchev–Trinajstić information content (AvgIpc) is 3.15. The van der Waals surface area contributed by atoms with Gasteiger partial charge in [-0.1, -0.05) is 32.9 Å². The molecule has 7 nitrogen and oxygen atoms in total. The van der Waals surface area contributed by atoms with Gasteiger partial charge >= 0.3 is 0 Å². The third kappa shape index (κ3) is 5.06. The van der Waals surface area contributed by atoms with Crippen LogP contribution in [0.2, 0.25) is 0 Å². The van der Waals surface area contributed by atoms with E-state index in [4.69, 9.17) is 0 Å². The molecule has 0 unspecified atom stereocenters. The highest BCUT2D eigenvalue weighted by Gasteiger charge is 2.15. The first-order valence-corrected chi connectivity index (χ1v) is 10.3. The molecular weight excluding hydrogens is 388 g/mol. The number of aromatic nitrogens is 4. The molecule has 0 atom stereocenters. The molecule has 2 N–H and O–H groups in total. The Morgan fingerprint density at radius 1 is 0.968 bits per heavy atom. The number of anilines is 2. The molecule has 158 valence electrons. The minimum Gasteiger partial charge on any atom is -0.368 e. The first-order valence-electron chi connectivity index (χ1n) is 10.3. The summed E-state index contributed by atoms with van der Waals surface area (Å²) in [5.74, 6) is 1.01. The largest absolute Gasteiger partial charge is 0.368 e. The normalized spacial score (nSPS) is 11.5. The van der Waals surface area contributed by atoms with Crippen LogP contribution in [0.4, 0.5) is 11.6 Å². The van der Waals surface area contributed by atoms with E-state index in [1.54, 1.807) is 23.1 Å². The number of nitrogens with zero attached hydrogens (tertiary/aromatic N) is 4. The van der Waals surface area contributed by atoms with Crippen molar-refractivity contribution in [2.45, 2.75) is 32.6 Å². The molecule has 0 aliphatic rings. The summed E-state index contributed by atoms with van der Waals surface area (Å²) in [6.07, 6.45) is 6.17. The minimum absolute atomic E-state index is 0.0479. The van der Waals surface area contributed by atoms with Crippen LogP contribution in [-0.2, 0) is 11.8 Å². The fraction of sp³-hybridized carbons (Fsp3) is 0.250. The van der Waals surface area contributed by atoms with E-state index in [1.165, 1.54) is 11.1 Å². The molecule has 0 fully saturated rings. The molecular formula is C24H26N6O. The smallest absolute Gasteiger partial charge is 0.256 e. The Balaban J connectivity index is 1.40. The van der Waals surface area contributed by atoms with E-state index in [0.29, 0.717) is 17.0 Å². The number of pyridine rings is 1. The van der Waals surface area contributed by atoms with E-state index in [9.17, 15) is 4.79 Å². The van der Waals surface area contributed by atoms with Crippen LogP contribution >= 0.6 is 0 Å². The van der Waals surface area contributed by atoms with Crippen LogP contribution in [0.3, 0.4) is 0 Å². The number of hydrogen-bond acceptors (Lipinski definition) is 5. The molecule has 3 heterocycles. The van der Waals surface area contributed by atoms with Gasteiger partial charge in [-0.3, -0.25) is 9.78 Å². The van der Waals surface area contributed by atoms with Gasteiger partial charge in [-0.25, -0.2) is 9.50 Å². The SMILES string of the molecule is CC(C)(C)c1ccc(C(=O)Nc2cn3nc(NCCc4ccncc4)ccc3n2)cc1. The van der Waals surface area contributed by atoms with Crippen LogP contribution in [0.15, 0.2) is 67.1 Å². The molecule has 0 bridgehead atoms. The first kappa shape index (κ1) is 20.5. The van der Waals surface area contributed by atoms with Gasteiger partial charge < -0.3 is 10.6 Å². The number of carbonyl (C=O) groups excluding carboxylic acids is 1. The van der Waals surface area contributed by atoms with Gasteiger partial charge in [0.25, 0.3) is 5.91 Å². The molecule has 0 saturated heterocycles. The fourth-order valence-corrected chi connectivity index (χ4v) is 3.23. The lowest BCUT2D eigenvalue weighted by Gasteiger charge is -2.18. The molecule has 1 amide bonds. The summed E-state index contributed by atoms with van der Waals surface area (Å²) in [5.41, 5.74) is 3.71. The number of rotatable bonds is 6. The van der Waals surface area contributed by atoms with Gasteiger partial charge in [0.15, 0.2) is 11.5 Å². The second kappa shape index (κ2) is 8.55. The zero-order chi connectivity index (χ0) is 21.8. The Labute approximate surface area is 181 Å². The van der Waals surface area contributed by atoms with Crippen molar-refractivity contribution in [1.82, 2.24) is 19.6 Å². The highest BCUT2D eigenvalue weighted by atomic mass is 16.1. The highest BCUT2D eigenvalue weighted by Crippen LogP contribution is 2.22. The van der Waals surface area contributed by atoms with Crippen molar-refractivity contribution in [3.05, 3.63) is 83.8 Å². The predicted molar refractivity (Wildman–Crippen MR) is 123 cm³/mol. The summed E-state index contributed by atoms with van der Waals surface area (Å²) in [7, 11) is 0. The minimum atomic E-state index is -0.195. The number of benzene rings is 1. The van der Waals surface area contributed by atoms with Crippen molar-refractivity contribution in [3.8, 4) is 0 Å². The highest BCUT2D eigenvalue weighted by molar-refractivity contribution is 6.03. The number of hydrogen-bond donors (Lipinski definition) is 2. The van der Waals surface area contributed by atoms with Crippen molar-refractivity contribution < 1.29 is 4.79 Å². The average molecular weight is 415 g/mol. The zero-order valence-electron chi connectivity index (χ0n) is 18.0. The molecule has 0 aliphatic heterocycles. The van der Waals surface area contributed by atoms with E-state index >= 15 is 0 Å². The van der Waals surface area contributed by atoms with Gasteiger partial charge in [0, 0.05) is 24.5 Å². The first-order chi connectivity index (χ1) is 14.9. The van der Waals surface area contributed by atoms with Gasteiger partial charge in [0.2, 0.25) is 0 Å². The molecule has 0 radical (unpaired) electrons. The van der Waals surface area contributed by atoms with E-state index < -0.39 is 0 Å². The molecule has 4 rings (SSSR count). The maximum atomic E-state index is 12.6. The Morgan fingerprint density at radius 2 is 1.71 bits per heavy atom. The molecule has 0 saturated carbocycles. The second-order valence-electron chi connectivity index (χ2n) is 8.46. The monoisotopic (exact) mass is 414 g/mol. The summed E-state index contributed by atoms with van der Waals surface area (Å²) in [6.45, 7) is 7.20. The molecule has 31 heavy (non-hydrogen) atoms. The van der Waals surface area contributed by atoms with Crippen molar-refractivity contribution >= 4 is 23.2 Å². The van der Waals surface area contributed by atoms with E-state index in [0.717, 1.165) is 18.8 Å². The molecule has 3 aromatic heterocycles. The quantitative estimate of drug-likeness (QED) is 0.491. The maximum absolute atomic E-state index is 12.6. The van der Waals surface area contributed by atoms with Crippen molar-refractivity contribution in [2.75, 3.05) is 17.2 Å². The molecule has 4 aromatic rings. The van der Waals surface area contributed by atoms with Gasteiger partial charge in [0.05, 0.1) is 6.20 Å². The fourth-order valence-electron chi connectivity index (χ4n) is 3.23. The van der Waals surface area contributed by atoms with E-state index in [1.807, 2.05) is 48.5 Å². The predicted octanol–water partition coefficient (Wildman–Crippen LogP) is 4.33. The van der Waals surface area contributed by atoms with Gasteiger partial charge in [0.1, 0.15) is 5.82 Å². The van der Waals surface area contributed by atoms with Gasteiger partial charge in [-0.2, -0.15) is 0 Å². The Morgan fingerprint density at radius 3 is 2.42 bits per heavy atom. The maximum Gasteiger partial charge on any atom is 0.256 e. The van der Waals surface area contributed by atoms with Gasteiger partial charge in [-0.05, 0) is 59.4 Å². The topological polar surface area (TPSA) is 84.2 Å². The number of imidazole rings is 1. The van der Waals surface area contributed by atoms with Crippen LogP contribution in [0, 0.1) is 0 Å². The lowest BCUT2D eigenvalue weighted by Crippen LogP contribution is -2.14. The number of amides is 1. The Bertz CT molecular complexity index is 1180. The van der Waals surface area contributed by atoms with Crippen molar-refractivity contribution in [2.24, 2.45) is 0 Å². The van der Waals surface area contributed by atoms with Crippen LogP contribution in [0.25, 0.3) is 5.65 Å². The van der Waals surface area contributed by atoms with Crippen molar-refractivity contribution in [3.63, 3.8) is 0 Å². The summed E-state index contributed by atoms with van der Waals surface area (Å²) >= 11 is 0. The number of carbonyl (C=O) groups is 1. The summed E-state index contributed by atoms with van der Waals surface area (Å²) in [4.78, 5) is 21.1. The third-order valence-corrected chi connectivity index (χ3v) is 5.04. The van der Waals surface area contributed by atoms with E-state index in [-0.39, 0.29) is 11.3 Å². The standard InChI is InChI=1S/C24H26N6O/c1-24(2,3)19-6-4-18(5-7-19)23(31)28-21-16-30-22(27-21)9-8-20(29-30)26-15-12-17-10-13-25-14-11-17/h4-11,13-14,16H,12,15H2,1-3H3,(H,26,29)(H,28,31). The molecule has 0 aliphatic carbocycles. The zero-order valence-corrected chi connectivity index (χ0v) is 18.0. The van der Waals surface area contributed by atoms with Crippen LogP contribution in [-0.4, -0.2) is 32.0 Å². The number of fused-ring (bicyclic) bond motifs is 1. The summed E-state index contributed by atoms with van der Waals surface area (Å²) in [5, 5.41) is 10.7. The van der Waals surface area contributed by atoms with E-state index in [2.05, 4.69) is 46.5 Å². The summed E-state index contributed by atoms with van der Waals surface area (Å²) < 4.78 is 1.66. The Hall–Kier alpha value is -3.74. The third-order valence-electron chi connectivity index (χ3n) is 5.04. The number of nitrogens with one attached hydrogen (secondary N) is 2. The molecule has 7 heteroatoms. The lowest BCUT2D eigenvalue weighted by molar-refractivity contribution is 0.102. The molecule has 0 spiro atoms. The van der Waals surface area contributed by atoms with Gasteiger partial charge in [-0.15, -0.1) is 5.10 Å². The Kier molecular flexibility index (Phi) is 5.66. The van der Waals surface area contributed by atoms with Crippen molar-refractivity contribution in [1.29, 1.82) is 0 Å².